The highest BCUT2D eigenvalue weighted by Crippen LogP contribution is 2.28. The molecule has 29 heavy (non-hydrogen) atoms. The first-order chi connectivity index (χ1) is 13.8. The molecule has 0 bridgehead atoms. The Morgan fingerprint density at radius 2 is 1.93 bits per heavy atom. The molecule has 0 aliphatic heterocycles. The Hall–Kier alpha value is -3.17. The molecule has 1 atom stereocenters. The van der Waals surface area contributed by atoms with E-state index in [2.05, 4.69) is 10.6 Å². The standard InChI is InChI=1S/C19H25N3O7/c1-3-28-16-10-9-13(11-15(16)22(26)27)18(24)29-12(2)17(23)21-19(25)20-14-7-5-4-6-8-14/h9-12,14H,3-8H2,1-2H3,(H2,20,21,23,25)/t12-/m0/s1. The molecule has 10 heteroatoms. The van der Waals surface area contributed by atoms with Gasteiger partial charge in [-0.25, -0.2) is 9.59 Å². The fourth-order valence-corrected chi connectivity index (χ4v) is 3.03. The van der Waals surface area contributed by atoms with Gasteiger partial charge in [0.05, 0.1) is 17.1 Å². The predicted octanol–water partition coefficient (Wildman–Crippen LogP) is 2.70. The van der Waals surface area contributed by atoms with Crippen molar-refractivity contribution < 1.29 is 28.8 Å². The molecule has 1 aliphatic rings. The van der Waals surface area contributed by atoms with Gasteiger partial charge in [0.1, 0.15) is 0 Å². The molecule has 158 valence electrons. The van der Waals surface area contributed by atoms with E-state index in [9.17, 15) is 24.5 Å². The number of rotatable bonds is 7. The fourth-order valence-electron chi connectivity index (χ4n) is 3.03. The number of urea groups is 1. The van der Waals surface area contributed by atoms with E-state index in [1.807, 2.05) is 0 Å². The van der Waals surface area contributed by atoms with Gasteiger partial charge in [-0.3, -0.25) is 20.2 Å². The van der Waals surface area contributed by atoms with Crippen LogP contribution in [0, 0.1) is 10.1 Å². The molecule has 3 amide bonds. The highest BCUT2D eigenvalue weighted by molar-refractivity contribution is 5.98. The van der Waals surface area contributed by atoms with Gasteiger partial charge >= 0.3 is 17.7 Å². The summed E-state index contributed by atoms with van der Waals surface area (Å²) in [5, 5.41) is 16.0. The third-order valence-corrected chi connectivity index (χ3v) is 4.52. The molecule has 1 aliphatic carbocycles. The van der Waals surface area contributed by atoms with Crippen molar-refractivity contribution in [3.63, 3.8) is 0 Å². The molecule has 0 unspecified atom stereocenters. The Morgan fingerprint density at radius 3 is 2.55 bits per heavy atom. The second-order valence-electron chi connectivity index (χ2n) is 6.72. The van der Waals surface area contributed by atoms with Gasteiger partial charge in [-0.1, -0.05) is 19.3 Å². The lowest BCUT2D eigenvalue weighted by Gasteiger charge is -2.23. The first-order valence-corrected chi connectivity index (χ1v) is 9.55. The molecule has 1 saturated carbocycles. The summed E-state index contributed by atoms with van der Waals surface area (Å²) in [7, 11) is 0. The van der Waals surface area contributed by atoms with E-state index < -0.39 is 28.9 Å². The zero-order chi connectivity index (χ0) is 21.4. The van der Waals surface area contributed by atoms with E-state index in [0.29, 0.717) is 0 Å². The minimum absolute atomic E-state index is 0.0267. The third kappa shape index (κ3) is 6.44. The van der Waals surface area contributed by atoms with Gasteiger partial charge in [-0.2, -0.15) is 0 Å². The van der Waals surface area contributed by atoms with Crippen LogP contribution in [0.1, 0.15) is 56.3 Å². The first kappa shape index (κ1) is 22.1. The van der Waals surface area contributed by atoms with Crippen molar-refractivity contribution >= 4 is 23.6 Å². The number of amides is 3. The lowest BCUT2D eigenvalue weighted by atomic mass is 9.96. The summed E-state index contributed by atoms with van der Waals surface area (Å²) in [5.41, 5.74) is -0.489. The number of nitrogens with one attached hydrogen (secondary N) is 2. The number of carbonyl (C=O) groups is 3. The van der Waals surface area contributed by atoms with Crippen molar-refractivity contribution in [2.75, 3.05) is 6.61 Å². The number of carbonyl (C=O) groups excluding carboxylic acids is 3. The monoisotopic (exact) mass is 407 g/mol. The predicted molar refractivity (Wildman–Crippen MR) is 103 cm³/mol. The van der Waals surface area contributed by atoms with Gasteiger partial charge in [-0.05, 0) is 38.8 Å². The minimum atomic E-state index is -1.26. The Kier molecular flexibility index (Phi) is 7.93. The van der Waals surface area contributed by atoms with Crippen LogP contribution in [0.4, 0.5) is 10.5 Å². The van der Waals surface area contributed by atoms with Crippen molar-refractivity contribution in [2.24, 2.45) is 0 Å². The van der Waals surface area contributed by atoms with E-state index in [1.54, 1.807) is 6.92 Å². The first-order valence-electron chi connectivity index (χ1n) is 9.55. The van der Waals surface area contributed by atoms with Crippen LogP contribution < -0.4 is 15.4 Å². The summed E-state index contributed by atoms with van der Waals surface area (Å²) in [5.74, 6) is -1.68. The van der Waals surface area contributed by atoms with Crippen molar-refractivity contribution in [1.29, 1.82) is 0 Å². The number of esters is 1. The molecule has 2 N–H and O–H groups in total. The molecular weight excluding hydrogens is 382 g/mol. The summed E-state index contributed by atoms with van der Waals surface area (Å²) in [6.07, 6.45) is 3.66. The fraction of sp³-hybridized carbons (Fsp3) is 0.526. The summed E-state index contributed by atoms with van der Waals surface area (Å²) in [6, 6.07) is 3.01. The van der Waals surface area contributed by atoms with E-state index in [-0.39, 0.29) is 29.6 Å². The molecule has 1 fully saturated rings. The van der Waals surface area contributed by atoms with E-state index in [0.717, 1.165) is 38.2 Å². The Balaban J connectivity index is 1.93. The number of benzene rings is 1. The van der Waals surface area contributed by atoms with Crippen LogP contribution in [0.5, 0.6) is 5.75 Å². The second kappa shape index (κ2) is 10.4. The minimum Gasteiger partial charge on any atom is -0.487 e. The molecule has 0 aromatic heterocycles. The highest BCUT2D eigenvalue weighted by Gasteiger charge is 2.24. The molecule has 1 aromatic carbocycles. The number of hydrogen-bond acceptors (Lipinski definition) is 7. The average Bonchev–Trinajstić information content (AvgIpc) is 2.68. The summed E-state index contributed by atoms with van der Waals surface area (Å²) < 4.78 is 10.2. The van der Waals surface area contributed by atoms with Crippen molar-refractivity contribution in [3.05, 3.63) is 33.9 Å². The van der Waals surface area contributed by atoms with Crippen molar-refractivity contribution in [3.8, 4) is 5.75 Å². The van der Waals surface area contributed by atoms with E-state index in [1.165, 1.54) is 19.1 Å². The smallest absolute Gasteiger partial charge is 0.339 e. The van der Waals surface area contributed by atoms with Crippen LogP contribution in [0.25, 0.3) is 0 Å². The summed E-state index contributed by atoms with van der Waals surface area (Å²) >= 11 is 0. The zero-order valence-electron chi connectivity index (χ0n) is 16.4. The van der Waals surface area contributed by atoms with Gasteiger partial charge in [-0.15, -0.1) is 0 Å². The zero-order valence-corrected chi connectivity index (χ0v) is 16.4. The van der Waals surface area contributed by atoms with Crippen molar-refractivity contribution in [1.82, 2.24) is 10.6 Å². The SMILES string of the molecule is CCOc1ccc(C(=O)O[C@@H](C)C(=O)NC(=O)NC2CCCCC2)cc1[N+](=O)[O-]. The summed E-state index contributed by atoms with van der Waals surface area (Å²) in [4.78, 5) is 46.7. The maximum atomic E-state index is 12.2. The average molecular weight is 407 g/mol. The number of nitro benzene ring substituents is 1. The normalized spacial score (nSPS) is 15.1. The summed E-state index contributed by atoms with van der Waals surface area (Å²) in [6.45, 7) is 3.21. The third-order valence-electron chi connectivity index (χ3n) is 4.52. The lowest BCUT2D eigenvalue weighted by molar-refractivity contribution is -0.385. The molecular formula is C19H25N3O7. The lowest BCUT2D eigenvalue weighted by Crippen LogP contribution is -2.48. The van der Waals surface area contributed by atoms with Crippen LogP contribution in [-0.4, -0.2) is 41.6 Å². The van der Waals surface area contributed by atoms with Crippen LogP contribution in [0.2, 0.25) is 0 Å². The highest BCUT2D eigenvalue weighted by atomic mass is 16.6. The maximum absolute atomic E-state index is 12.2. The van der Waals surface area contributed by atoms with Crippen LogP contribution in [0.3, 0.4) is 0 Å². The molecule has 2 rings (SSSR count). The quantitative estimate of drug-likeness (QED) is 0.403. The van der Waals surface area contributed by atoms with Gasteiger partial charge in [0, 0.05) is 12.1 Å². The van der Waals surface area contributed by atoms with Gasteiger partial charge in [0.25, 0.3) is 5.91 Å². The molecule has 0 saturated heterocycles. The Morgan fingerprint density at radius 1 is 1.24 bits per heavy atom. The topological polar surface area (TPSA) is 137 Å². The molecule has 10 nitrogen and oxygen atoms in total. The Labute approximate surface area is 168 Å². The number of imide groups is 1. The van der Waals surface area contributed by atoms with Gasteiger partial charge in [0.2, 0.25) is 0 Å². The molecule has 0 heterocycles. The van der Waals surface area contributed by atoms with Crippen molar-refractivity contribution in [2.45, 2.75) is 58.1 Å². The van der Waals surface area contributed by atoms with E-state index >= 15 is 0 Å². The van der Waals surface area contributed by atoms with Crippen LogP contribution >= 0.6 is 0 Å². The van der Waals surface area contributed by atoms with Gasteiger partial charge in [0.15, 0.2) is 11.9 Å². The number of ether oxygens (including phenoxy) is 2. The second-order valence-corrected chi connectivity index (χ2v) is 6.72. The molecule has 0 spiro atoms. The number of hydrogen-bond donors (Lipinski definition) is 2. The van der Waals surface area contributed by atoms with Gasteiger partial charge < -0.3 is 14.8 Å². The molecule has 1 aromatic rings. The van der Waals surface area contributed by atoms with E-state index in [4.69, 9.17) is 9.47 Å². The largest absolute Gasteiger partial charge is 0.487 e. The Bertz CT molecular complexity index is 775. The number of nitrogens with zero attached hydrogens (tertiary/aromatic N) is 1. The van der Waals surface area contributed by atoms with Crippen LogP contribution in [-0.2, 0) is 9.53 Å². The molecule has 0 radical (unpaired) electrons. The maximum Gasteiger partial charge on any atom is 0.339 e. The number of nitro groups is 1. The van der Waals surface area contributed by atoms with Crippen LogP contribution in [0.15, 0.2) is 18.2 Å².